The van der Waals surface area contributed by atoms with E-state index in [4.69, 9.17) is 4.52 Å². The lowest BCUT2D eigenvalue weighted by Gasteiger charge is -2.13. The first-order valence-corrected chi connectivity index (χ1v) is 8.17. The molecule has 1 amide bonds. The standard InChI is InChI=1S/C20H20N2O2/c1-3-14-11-8-12-15(4-2)19(14)21-20(23)17-13-18(24-22-17)16-9-6-5-7-10-16/h5-13H,3-4H2,1-2H3,(H,21,23). The first-order valence-electron chi connectivity index (χ1n) is 8.17. The smallest absolute Gasteiger partial charge is 0.277 e. The number of nitrogens with zero attached hydrogens (tertiary/aromatic N) is 1. The van der Waals surface area contributed by atoms with E-state index in [0.29, 0.717) is 5.76 Å². The van der Waals surface area contributed by atoms with E-state index < -0.39 is 0 Å². The summed E-state index contributed by atoms with van der Waals surface area (Å²) >= 11 is 0. The summed E-state index contributed by atoms with van der Waals surface area (Å²) in [5.74, 6) is 0.330. The molecule has 2 aromatic carbocycles. The first kappa shape index (κ1) is 16.0. The van der Waals surface area contributed by atoms with Crippen LogP contribution in [0.5, 0.6) is 0 Å². The number of aryl methyl sites for hydroxylation is 2. The van der Waals surface area contributed by atoms with Gasteiger partial charge >= 0.3 is 0 Å². The van der Waals surface area contributed by atoms with Crippen molar-refractivity contribution in [1.82, 2.24) is 5.16 Å². The van der Waals surface area contributed by atoms with E-state index in [9.17, 15) is 4.79 Å². The number of carbonyl (C=O) groups is 1. The highest BCUT2D eigenvalue weighted by atomic mass is 16.5. The average Bonchev–Trinajstić information content (AvgIpc) is 3.13. The zero-order valence-corrected chi connectivity index (χ0v) is 13.9. The van der Waals surface area contributed by atoms with Crippen LogP contribution in [0.2, 0.25) is 0 Å². The molecule has 0 bridgehead atoms. The minimum Gasteiger partial charge on any atom is -0.355 e. The maximum Gasteiger partial charge on any atom is 0.277 e. The third-order valence-corrected chi connectivity index (χ3v) is 4.04. The fourth-order valence-electron chi connectivity index (χ4n) is 2.70. The highest BCUT2D eigenvalue weighted by Crippen LogP contribution is 2.24. The Kier molecular flexibility index (Phi) is 4.75. The second kappa shape index (κ2) is 7.13. The number of carbonyl (C=O) groups excluding carboxylic acids is 1. The van der Waals surface area contributed by atoms with Gasteiger partial charge in [0.05, 0.1) is 0 Å². The molecule has 0 unspecified atom stereocenters. The molecule has 1 aromatic heterocycles. The van der Waals surface area contributed by atoms with Crippen LogP contribution in [-0.2, 0) is 12.8 Å². The molecule has 0 atom stereocenters. The Balaban J connectivity index is 1.85. The Morgan fingerprint density at radius 3 is 2.29 bits per heavy atom. The van der Waals surface area contributed by atoms with E-state index in [1.165, 1.54) is 0 Å². The van der Waals surface area contributed by atoms with Gasteiger partial charge in [0.2, 0.25) is 0 Å². The number of rotatable bonds is 5. The normalized spacial score (nSPS) is 10.6. The molecule has 4 nitrogen and oxygen atoms in total. The summed E-state index contributed by atoms with van der Waals surface area (Å²) in [5.41, 5.74) is 4.30. The topological polar surface area (TPSA) is 55.1 Å². The minimum absolute atomic E-state index is 0.253. The van der Waals surface area contributed by atoms with E-state index in [2.05, 4.69) is 24.3 Å². The van der Waals surface area contributed by atoms with Crippen molar-refractivity contribution in [3.63, 3.8) is 0 Å². The fourth-order valence-corrected chi connectivity index (χ4v) is 2.70. The molecule has 0 aliphatic heterocycles. The van der Waals surface area contributed by atoms with Crippen molar-refractivity contribution in [2.75, 3.05) is 5.32 Å². The van der Waals surface area contributed by atoms with Crippen LogP contribution in [0.3, 0.4) is 0 Å². The maximum atomic E-state index is 12.6. The Morgan fingerprint density at radius 2 is 1.67 bits per heavy atom. The SMILES string of the molecule is CCc1cccc(CC)c1NC(=O)c1cc(-c2ccccc2)on1. The molecule has 24 heavy (non-hydrogen) atoms. The lowest BCUT2D eigenvalue weighted by Crippen LogP contribution is -2.15. The number of anilines is 1. The lowest BCUT2D eigenvalue weighted by atomic mass is 10.0. The molecule has 122 valence electrons. The molecule has 0 fully saturated rings. The number of para-hydroxylation sites is 1. The number of hydrogen-bond donors (Lipinski definition) is 1. The van der Waals surface area contributed by atoms with E-state index >= 15 is 0 Å². The molecule has 4 heteroatoms. The summed E-state index contributed by atoms with van der Waals surface area (Å²) in [7, 11) is 0. The number of hydrogen-bond acceptors (Lipinski definition) is 3. The summed E-state index contributed by atoms with van der Waals surface area (Å²) in [5, 5.41) is 6.91. The minimum atomic E-state index is -0.253. The number of benzene rings is 2. The van der Waals surface area contributed by atoms with Crippen LogP contribution >= 0.6 is 0 Å². The summed E-state index contributed by atoms with van der Waals surface area (Å²) in [6.07, 6.45) is 1.72. The van der Waals surface area contributed by atoms with Gasteiger partial charge in [0.15, 0.2) is 11.5 Å². The van der Waals surface area contributed by atoms with Gasteiger partial charge in [-0.3, -0.25) is 4.79 Å². The summed E-state index contributed by atoms with van der Waals surface area (Å²) in [4.78, 5) is 12.6. The molecule has 0 spiro atoms. The molecule has 0 saturated carbocycles. The molecule has 3 rings (SSSR count). The van der Waals surface area contributed by atoms with Gasteiger partial charge in [-0.2, -0.15) is 0 Å². The molecule has 0 radical (unpaired) electrons. The summed E-state index contributed by atoms with van der Waals surface area (Å²) in [6.45, 7) is 4.15. The van der Waals surface area contributed by atoms with Crippen molar-refractivity contribution in [2.24, 2.45) is 0 Å². The van der Waals surface area contributed by atoms with Gasteiger partial charge in [0.25, 0.3) is 5.91 Å². The first-order chi connectivity index (χ1) is 11.7. The van der Waals surface area contributed by atoms with Crippen LogP contribution in [0.4, 0.5) is 5.69 Å². The van der Waals surface area contributed by atoms with Gasteiger partial charge in [0, 0.05) is 17.3 Å². The Bertz CT molecular complexity index is 816. The number of amides is 1. The monoisotopic (exact) mass is 320 g/mol. The number of nitrogens with one attached hydrogen (secondary N) is 1. The van der Waals surface area contributed by atoms with Crippen LogP contribution in [0, 0.1) is 0 Å². The van der Waals surface area contributed by atoms with Crippen molar-refractivity contribution in [3.8, 4) is 11.3 Å². The van der Waals surface area contributed by atoms with E-state index in [-0.39, 0.29) is 11.6 Å². The van der Waals surface area contributed by atoms with Crippen LogP contribution in [0.15, 0.2) is 59.1 Å². The van der Waals surface area contributed by atoms with Crippen LogP contribution in [-0.4, -0.2) is 11.1 Å². The van der Waals surface area contributed by atoms with Crippen molar-refractivity contribution in [2.45, 2.75) is 26.7 Å². The summed E-state index contributed by atoms with van der Waals surface area (Å²) < 4.78 is 5.31. The zero-order chi connectivity index (χ0) is 16.9. The second-order valence-corrected chi connectivity index (χ2v) is 5.55. The Morgan fingerprint density at radius 1 is 1.00 bits per heavy atom. The molecular formula is C20H20N2O2. The van der Waals surface area contributed by atoms with E-state index in [1.807, 2.05) is 48.5 Å². The molecular weight excluding hydrogens is 300 g/mol. The van der Waals surface area contributed by atoms with Crippen molar-refractivity contribution >= 4 is 11.6 Å². The van der Waals surface area contributed by atoms with Crippen molar-refractivity contribution in [3.05, 3.63) is 71.4 Å². The predicted octanol–water partition coefficient (Wildman–Crippen LogP) is 4.72. The van der Waals surface area contributed by atoms with Gasteiger partial charge in [-0.1, -0.05) is 67.5 Å². The third-order valence-electron chi connectivity index (χ3n) is 4.04. The Hall–Kier alpha value is -2.88. The number of aromatic nitrogens is 1. The van der Waals surface area contributed by atoms with Crippen molar-refractivity contribution in [1.29, 1.82) is 0 Å². The highest BCUT2D eigenvalue weighted by molar-refractivity contribution is 6.04. The van der Waals surface area contributed by atoms with Crippen LogP contribution in [0.25, 0.3) is 11.3 Å². The molecule has 3 aromatic rings. The molecule has 0 aliphatic carbocycles. The van der Waals surface area contributed by atoms with Gasteiger partial charge in [-0.15, -0.1) is 0 Å². The summed E-state index contributed by atoms with van der Waals surface area (Å²) in [6, 6.07) is 17.4. The third kappa shape index (κ3) is 3.23. The van der Waals surface area contributed by atoms with E-state index in [1.54, 1.807) is 6.07 Å². The van der Waals surface area contributed by atoms with Gasteiger partial charge < -0.3 is 9.84 Å². The average molecular weight is 320 g/mol. The molecule has 0 aliphatic rings. The van der Waals surface area contributed by atoms with Crippen molar-refractivity contribution < 1.29 is 9.32 Å². The Labute approximate surface area is 141 Å². The van der Waals surface area contributed by atoms with E-state index in [0.717, 1.165) is 35.2 Å². The molecule has 1 heterocycles. The zero-order valence-electron chi connectivity index (χ0n) is 13.9. The predicted molar refractivity (Wildman–Crippen MR) is 95.1 cm³/mol. The molecule has 1 N–H and O–H groups in total. The highest BCUT2D eigenvalue weighted by Gasteiger charge is 2.16. The second-order valence-electron chi connectivity index (χ2n) is 5.55. The quantitative estimate of drug-likeness (QED) is 0.740. The van der Waals surface area contributed by atoms with Crippen LogP contribution in [0.1, 0.15) is 35.5 Å². The molecule has 0 saturated heterocycles. The van der Waals surface area contributed by atoms with Gasteiger partial charge in [0.1, 0.15) is 0 Å². The van der Waals surface area contributed by atoms with Gasteiger partial charge in [-0.25, -0.2) is 0 Å². The van der Waals surface area contributed by atoms with Gasteiger partial charge in [-0.05, 0) is 24.0 Å². The maximum absolute atomic E-state index is 12.6. The lowest BCUT2D eigenvalue weighted by molar-refractivity contribution is 0.101. The largest absolute Gasteiger partial charge is 0.355 e. The fraction of sp³-hybridized carbons (Fsp3) is 0.200. The van der Waals surface area contributed by atoms with Crippen LogP contribution < -0.4 is 5.32 Å².